The number of aryl methyl sites for hydroxylation is 3. The predicted molar refractivity (Wildman–Crippen MR) is 190 cm³/mol. The summed E-state index contributed by atoms with van der Waals surface area (Å²) in [6.07, 6.45) is 7.34. The van der Waals surface area contributed by atoms with E-state index in [1.807, 2.05) is 37.5 Å². The van der Waals surface area contributed by atoms with E-state index in [4.69, 9.17) is 14.8 Å². The van der Waals surface area contributed by atoms with Crippen LogP contribution in [0.25, 0.3) is 22.8 Å². The van der Waals surface area contributed by atoms with Gasteiger partial charge in [0, 0.05) is 23.7 Å². The lowest BCUT2D eigenvalue weighted by Gasteiger charge is -2.22. The second-order valence-electron chi connectivity index (χ2n) is 13.1. The van der Waals surface area contributed by atoms with Gasteiger partial charge in [0.05, 0.1) is 12.7 Å². The lowest BCUT2D eigenvalue weighted by atomic mass is 9.43. The van der Waals surface area contributed by atoms with Gasteiger partial charge in [0.1, 0.15) is 23.0 Å². The van der Waals surface area contributed by atoms with Crippen LogP contribution in [-0.4, -0.2) is 25.9 Å². The number of fused-ring (bicyclic) bond motifs is 1. The molecule has 0 bridgehead atoms. The van der Waals surface area contributed by atoms with Crippen molar-refractivity contribution in [3.05, 3.63) is 137 Å². The van der Waals surface area contributed by atoms with Crippen LogP contribution in [0.5, 0.6) is 11.5 Å². The molecule has 0 unspecified atom stereocenters. The highest BCUT2D eigenvalue weighted by molar-refractivity contribution is 6.90. The second kappa shape index (κ2) is 12.2. The van der Waals surface area contributed by atoms with Gasteiger partial charge < -0.3 is 9.30 Å². The molecule has 0 fully saturated rings. The Labute approximate surface area is 278 Å². The summed E-state index contributed by atoms with van der Waals surface area (Å²) >= 11 is 0. The van der Waals surface area contributed by atoms with Crippen molar-refractivity contribution in [2.24, 2.45) is 7.05 Å². The van der Waals surface area contributed by atoms with E-state index in [2.05, 4.69) is 130 Å². The Morgan fingerprint density at radius 1 is 0.787 bits per heavy atom. The van der Waals surface area contributed by atoms with Crippen LogP contribution in [0.2, 0.25) is 0 Å². The van der Waals surface area contributed by atoms with E-state index >= 15 is 0 Å². The maximum absolute atomic E-state index is 6.53. The number of imidazole rings is 1. The van der Waals surface area contributed by atoms with E-state index in [0.29, 0.717) is 11.8 Å². The number of aromatic nitrogens is 5. The van der Waals surface area contributed by atoms with Crippen LogP contribution in [0.15, 0.2) is 103 Å². The monoisotopic (exact) mass is 617 g/mol. The zero-order valence-electron chi connectivity index (χ0n) is 28.2. The summed E-state index contributed by atoms with van der Waals surface area (Å²) in [4.78, 5) is 4.83. The molecule has 1 aliphatic heterocycles. The van der Waals surface area contributed by atoms with Gasteiger partial charge in [0.25, 0.3) is 0 Å². The standard InChI is InChI=1S/C40H40BN5O/c1-26(2)34-18-11-19-35(27(3)4)38(34)45-21-20-42-39(45)31-15-10-17-33(23-31)47-32-16-9-14-30(22-32)36-24-41(40-43-44(7)25-46(36)40)37-28(5)12-8-13-29(37)6/h8-24,26-27H,1-7H3. The van der Waals surface area contributed by atoms with E-state index in [-0.39, 0.29) is 6.71 Å². The molecule has 7 rings (SSSR count). The van der Waals surface area contributed by atoms with Crippen LogP contribution in [0.3, 0.4) is 0 Å². The van der Waals surface area contributed by atoms with E-state index in [1.165, 1.54) is 33.4 Å². The molecule has 234 valence electrons. The summed E-state index contributed by atoms with van der Waals surface area (Å²) in [5.41, 5.74) is 11.7. The van der Waals surface area contributed by atoms with Crippen molar-refractivity contribution in [2.45, 2.75) is 53.4 Å². The van der Waals surface area contributed by atoms with Crippen molar-refractivity contribution in [1.29, 1.82) is 0 Å². The minimum absolute atomic E-state index is 0.0469. The first-order valence-electron chi connectivity index (χ1n) is 16.4. The minimum atomic E-state index is 0.0469. The van der Waals surface area contributed by atoms with Gasteiger partial charge in [-0.15, -0.1) is 11.1 Å². The fourth-order valence-electron chi connectivity index (χ4n) is 6.90. The van der Waals surface area contributed by atoms with Crippen LogP contribution in [0.1, 0.15) is 67.3 Å². The molecule has 47 heavy (non-hydrogen) atoms. The van der Waals surface area contributed by atoms with E-state index < -0.39 is 0 Å². The first-order valence-corrected chi connectivity index (χ1v) is 16.4. The molecule has 4 aromatic carbocycles. The lowest BCUT2D eigenvalue weighted by Crippen LogP contribution is -2.47. The van der Waals surface area contributed by atoms with Crippen molar-refractivity contribution < 1.29 is 9.42 Å². The fourth-order valence-corrected chi connectivity index (χ4v) is 6.90. The molecular weight excluding hydrogens is 577 g/mol. The summed E-state index contributed by atoms with van der Waals surface area (Å²) in [6.45, 7) is 13.4. The number of benzene rings is 4. The average molecular weight is 618 g/mol. The molecule has 0 aliphatic carbocycles. The molecule has 0 radical (unpaired) electrons. The van der Waals surface area contributed by atoms with E-state index in [1.54, 1.807) is 4.68 Å². The second-order valence-corrected chi connectivity index (χ2v) is 13.1. The van der Waals surface area contributed by atoms with Gasteiger partial charge in [0.15, 0.2) is 0 Å². The maximum Gasteiger partial charge on any atom is 0.236 e. The molecule has 0 saturated heterocycles. The molecule has 0 atom stereocenters. The molecule has 6 aromatic rings. The number of hydrogen-bond donors (Lipinski definition) is 0. The summed E-state index contributed by atoms with van der Waals surface area (Å²) in [5, 5.41) is 4.82. The molecule has 0 amide bonds. The van der Waals surface area contributed by atoms with Gasteiger partial charge in [-0.05, 0) is 66.6 Å². The number of para-hydroxylation sites is 1. The lowest BCUT2D eigenvalue weighted by molar-refractivity contribution is -0.731. The third-order valence-electron chi connectivity index (χ3n) is 9.10. The van der Waals surface area contributed by atoms with Crippen molar-refractivity contribution >= 4 is 23.6 Å². The molecular formula is C40H40BN5O. The largest absolute Gasteiger partial charge is 0.457 e. The van der Waals surface area contributed by atoms with Crippen LogP contribution in [-0.2, 0) is 7.05 Å². The third kappa shape index (κ3) is 5.60. The van der Waals surface area contributed by atoms with Crippen LogP contribution in [0, 0.1) is 20.2 Å². The number of nitrogens with zero attached hydrogens (tertiary/aromatic N) is 5. The maximum atomic E-state index is 6.53. The normalized spacial score (nSPS) is 12.6. The Bertz CT molecular complexity index is 2090. The third-order valence-corrected chi connectivity index (χ3v) is 9.10. The van der Waals surface area contributed by atoms with Crippen molar-refractivity contribution in [1.82, 2.24) is 19.2 Å². The molecule has 0 saturated carbocycles. The zero-order valence-corrected chi connectivity index (χ0v) is 28.2. The Hall–Kier alpha value is -5.17. The van der Waals surface area contributed by atoms with Crippen LogP contribution in [0.4, 0.5) is 0 Å². The molecule has 0 spiro atoms. The quantitative estimate of drug-likeness (QED) is 0.104. The highest BCUT2D eigenvalue weighted by Gasteiger charge is 2.31. The van der Waals surface area contributed by atoms with Crippen LogP contribution >= 0.6 is 0 Å². The molecule has 2 aromatic heterocycles. The number of ether oxygens (including phenoxy) is 1. The van der Waals surface area contributed by atoms with Crippen molar-refractivity contribution in [3.63, 3.8) is 0 Å². The SMILES string of the molecule is Cc1cccc(C)c1B1C=C(c2cccc(Oc3cccc(-c4nccn4-c4c(C(C)C)cccc4C(C)C)c3)c2)n2[c-][n+](C)nc21. The van der Waals surface area contributed by atoms with Gasteiger partial charge in [-0.25, -0.2) is 9.67 Å². The van der Waals surface area contributed by atoms with Gasteiger partial charge in [-0.3, -0.25) is 4.57 Å². The molecule has 7 heteroatoms. The molecule has 1 aliphatic rings. The highest BCUT2D eigenvalue weighted by atomic mass is 16.5. The summed E-state index contributed by atoms with van der Waals surface area (Å²) in [5.74, 6) is 5.47. The van der Waals surface area contributed by atoms with E-state index in [0.717, 1.165) is 39.9 Å². The molecule has 3 heterocycles. The van der Waals surface area contributed by atoms with Gasteiger partial charge in [-0.1, -0.05) is 105 Å². The zero-order chi connectivity index (χ0) is 32.8. The smallest absolute Gasteiger partial charge is 0.236 e. The Morgan fingerprint density at radius 3 is 2.04 bits per heavy atom. The molecule has 0 N–H and O–H groups in total. The van der Waals surface area contributed by atoms with Gasteiger partial charge in [0.2, 0.25) is 13.0 Å². The first kappa shape index (κ1) is 30.5. The van der Waals surface area contributed by atoms with Gasteiger partial charge >= 0.3 is 0 Å². The summed E-state index contributed by atoms with van der Waals surface area (Å²) < 4.78 is 12.6. The van der Waals surface area contributed by atoms with Crippen molar-refractivity contribution in [3.8, 4) is 28.6 Å². The fraction of sp³-hybridized carbons (Fsp3) is 0.225. The highest BCUT2D eigenvalue weighted by Crippen LogP contribution is 2.35. The number of hydrogen-bond acceptors (Lipinski definition) is 3. The average Bonchev–Trinajstić information content (AvgIpc) is 3.77. The number of rotatable bonds is 8. The Kier molecular flexibility index (Phi) is 7.92. The van der Waals surface area contributed by atoms with Crippen molar-refractivity contribution in [2.75, 3.05) is 0 Å². The summed E-state index contributed by atoms with van der Waals surface area (Å²) in [6, 6.07) is 29.6. The topological polar surface area (TPSA) is 48.8 Å². The molecule has 6 nitrogen and oxygen atoms in total. The Morgan fingerprint density at radius 2 is 1.38 bits per heavy atom. The summed E-state index contributed by atoms with van der Waals surface area (Å²) in [7, 11) is 1.92. The minimum Gasteiger partial charge on any atom is -0.457 e. The van der Waals surface area contributed by atoms with E-state index in [9.17, 15) is 0 Å². The Balaban J connectivity index is 1.22. The van der Waals surface area contributed by atoms with Crippen LogP contribution < -0.4 is 20.6 Å². The first-order chi connectivity index (χ1) is 22.7. The predicted octanol–water partition coefficient (Wildman–Crippen LogP) is 7.07. The van der Waals surface area contributed by atoms with Gasteiger partial charge in [-0.2, -0.15) is 0 Å².